The van der Waals surface area contributed by atoms with Crippen molar-refractivity contribution in [3.63, 3.8) is 0 Å². The molecule has 0 amide bonds. The van der Waals surface area contributed by atoms with Gasteiger partial charge in [0.2, 0.25) is 0 Å². The Bertz CT molecular complexity index is 449. The summed E-state index contributed by atoms with van der Waals surface area (Å²) in [5, 5.41) is 7.29. The first-order valence-electron chi connectivity index (χ1n) is 6.82. The molecule has 1 aromatic rings. The number of fused-ring (bicyclic) bond motifs is 3. The Morgan fingerprint density at radius 1 is 1.47 bits per heavy atom. The number of unbranched alkanes of at least 4 members (excludes halogenated alkanes) is 2. The zero-order chi connectivity index (χ0) is 12.0. The van der Waals surface area contributed by atoms with Gasteiger partial charge < -0.3 is 0 Å². The Balaban J connectivity index is 1.68. The van der Waals surface area contributed by atoms with E-state index in [9.17, 15) is 4.79 Å². The highest BCUT2D eigenvalue weighted by Crippen LogP contribution is 2.63. The fourth-order valence-electron chi connectivity index (χ4n) is 3.54. The molecule has 3 atom stereocenters. The molecule has 1 aromatic heterocycles. The Morgan fingerprint density at radius 3 is 3.00 bits per heavy atom. The van der Waals surface area contributed by atoms with Crippen LogP contribution in [-0.4, -0.2) is 16.0 Å². The number of hydrogen-bond donors (Lipinski definition) is 1. The van der Waals surface area contributed by atoms with Crippen LogP contribution in [0, 0.1) is 11.8 Å². The number of rotatable bonds is 5. The van der Waals surface area contributed by atoms with E-state index >= 15 is 0 Å². The van der Waals surface area contributed by atoms with E-state index in [1.807, 2.05) is 0 Å². The molecule has 3 unspecified atom stereocenters. The number of ketones is 1. The highest BCUT2D eigenvalue weighted by molar-refractivity contribution is 5.94. The maximum absolute atomic E-state index is 11.4. The second-order valence-corrected chi connectivity index (χ2v) is 5.57. The molecule has 2 aliphatic carbocycles. The van der Waals surface area contributed by atoms with E-state index in [1.165, 1.54) is 36.9 Å². The third-order valence-corrected chi connectivity index (χ3v) is 4.48. The molecule has 0 saturated heterocycles. The molecular weight excluding hydrogens is 212 g/mol. The van der Waals surface area contributed by atoms with E-state index in [1.54, 1.807) is 6.92 Å². The topological polar surface area (TPSA) is 45.8 Å². The smallest absolute Gasteiger partial charge is 0.177 e. The predicted molar refractivity (Wildman–Crippen MR) is 66.2 cm³/mol. The van der Waals surface area contributed by atoms with Gasteiger partial charge in [-0.1, -0.05) is 26.2 Å². The lowest BCUT2D eigenvalue weighted by molar-refractivity contribution is 0.101. The van der Waals surface area contributed by atoms with Crippen LogP contribution in [0.5, 0.6) is 0 Å². The summed E-state index contributed by atoms with van der Waals surface area (Å²) < 4.78 is 0. The van der Waals surface area contributed by atoms with Crippen molar-refractivity contribution in [1.82, 2.24) is 10.2 Å². The second-order valence-electron chi connectivity index (χ2n) is 5.57. The summed E-state index contributed by atoms with van der Waals surface area (Å²) in [5.74, 6) is 2.46. The van der Waals surface area contributed by atoms with Crippen molar-refractivity contribution in [1.29, 1.82) is 0 Å². The van der Waals surface area contributed by atoms with Crippen LogP contribution in [0.3, 0.4) is 0 Å². The van der Waals surface area contributed by atoms with Gasteiger partial charge in [0.1, 0.15) is 5.69 Å². The number of carbonyl (C=O) groups excluding carboxylic acids is 1. The Kier molecular flexibility index (Phi) is 2.57. The van der Waals surface area contributed by atoms with Crippen molar-refractivity contribution >= 4 is 5.78 Å². The molecule has 0 spiro atoms. The third kappa shape index (κ3) is 1.63. The van der Waals surface area contributed by atoms with Gasteiger partial charge in [0.25, 0.3) is 0 Å². The zero-order valence-corrected chi connectivity index (χ0v) is 10.6. The monoisotopic (exact) mass is 232 g/mol. The quantitative estimate of drug-likeness (QED) is 0.626. The number of nitrogens with one attached hydrogen (secondary N) is 1. The van der Waals surface area contributed by atoms with Crippen molar-refractivity contribution in [3.8, 4) is 0 Å². The first kappa shape index (κ1) is 11.0. The van der Waals surface area contributed by atoms with Gasteiger partial charge in [-0.3, -0.25) is 9.89 Å². The average Bonchev–Trinajstić information content (AvgIpc) is 2.68. The van der Waals surface area contributed by atoms with Gasteiger partial charge in [0.05, 0.1) is 5.69 Å². The third-order valence-electron chi connectivity index (χ3n) is 4.48. The van der Waals surface area contributed by atoms with Gasteiger partial charge in [-0.15, -0.1) is 0 Å². The maximum Gasteiger partial charge on any atom is 0.177 e. The fraction of sp³-hybridized carbons (Fsp3) is 0.714. The molecule has 17 heavy (non-hydrogen) atoms. The number of hydrogen-bond acceptors (Lipinski definition) is 2. The molecule has 0 aliphatic heterocycles. The number of Topliss-reactive ketones (excluding diaryl/α,β-unsaturated/α-hetero) is 1. The molecule has 2 aliphatic rings. The van der Waals surface area contributed by atoms with E-state index < -0.39 is 0 Å². The summed E-state index contributed by atoms with van der Waals surface area (Å²) >= 11 is 0. The first-order valence-corrected chi connectivity index (χ1v) is 6.82. The van der Waals surface area contributed by atoms with E-state index in [4.69, 9.17) is 0 Å². The molecule has 3 rings (SSSR count). The maximum atomic E-state index is 11.4. The Hall–Kier alpha value is -1.12. The molecular formula is C14H20N2O. The lowest BCUT2D eigenvalue weighted by atomic mass is 10.0. The van der Waals surface area contributed by atoms with E-state index in [2.05, 4.69) is 17.1 Å². The number of nitrogens with zero attached hydrogens (tertiary/aromatic N) is 1. The predicted octanol–water partition coefficient (Wildman–Crippen LogP) is 3.08. The van der Waals surface area contributed by atoms with E-state index in [0.29, 0.717) is 5.92 Å². The molecule has 1 saturated carbocycles. The molecule has 3 heteroatoms. The average molecular weight is 232 g/mol. The Morgan fingerprint density at radius 2 is 2.29 bits per heavy atom. The standard InChI is InChI=1S/C14H20N2O/c1-3-4-5-6-9-10-7-11-13(8(2)17)15-16-14(11)12(9)10/h9-10,12H,3-7H2,1-2H3,(H,15,16). The van der Waals surface area contributed by atoms with Crippen LogP contribution in [0.4, 0.5) is 0 Å². The normalized spacial score (nSPS) is 28.9. The lowest BCUT2D eigenvalue weighted by Crippen LogP contribution is -2.00. The first-order chi connectivity index (χ1) is 8.24. The summed E-state index contributed by atoms with van der Waals surface area (Å²) in [6.07, 6.45) is 6.44. The van der Waals surface area contributed by atoms with Crippen LogP contribution < -0.4 is 0 Å². The fourth-order valence-corrected chi connectivity index (χ4v) is 3.54. The second kappa shape index (κ2) is 3.97. The number of carbonyl (C=O) groups is 1. The van der Waals surface area contributed by atoms with E-state index in [0.717, 1.165) is 24.0 Å². The zero-order valence-electron chi connectivity index (χ0n) is 10.6. The minimum Gasteiger partial charge on any atom is -0.293 e. The van der Waals surface area contributed by atoms with Crippen molar-refractivity contribution in [3.05, 3.63) is 17.0 Å². The summed E-state index contributed by atoms with van der Waals surface area (Å²) in [5.41, 5.74) is 3.19. The van der Waals surface area contributed by atoms with Crippen LogP contribution >= 0.6 is 0 Å². The van der Waals surface area contributed by atoms with Gasteiger partial charge in [-0.2, -0.15) is 5.10 Å². The van der Waals surface area contributed by atoms with Crippen molar-refractivity contribution < 1.29 is 4.79 Å². The highest BCUT2D eigenvalue weighted by atomic mass is 16.1. The van der Waals surface area contributed by atoms with Crippen LogP contribution in [0.1, 0.15) is 67.2 Å². The van der Waals surface area contributed by atoms with Crippen LogP contribution in [0.2, 0.25) is 0 Å². The van der Waals surface area contributed by atoms with E-state index in [-0.39, 0.29) is 5.78 Å². The molecule has 1 N–H and O–H groups in total. The minimum absolute atomic E-state index is 0.127. The van der Waals surface area contributed by atoms with Crippen molar-refractivity contribution in [2.45, 2.75) is 51.9 Å². The molecule has 1 heterocycles. The van der Waals surface area contributed by atoms with Crippen molar-refractivity contribution in [2.75, 3.05) is 0 Å². The van der Waals surface area contributed by atoms with Gasteiger partial charge in [-0.05, 0) is 24.7 Å². The number of aromatic amines is 1. The summed E-state index contributed by atoms with van der Waals surface area (Å²) in [6.45, 7) is 3.87. The largest absolute Gasteiger partial charge is 0.293 e. The van der Waals surface area contributed by atoms with Crippen LogP contribution in [-0.2, 0) is 6.42 Å². The number of aromatic nitrogens is 2. The highest BCUT2D eigenvalue weighted by Gasteiger charge is 2.57. The minimum atomic E-state index is 0.127. The summed E-state index contributed by atoms with van der Waals surface area (Å²) in [4.78, 5) is 11.4. The van der Waals surface area contributed by atoms with Crippen molar-refractivity contribution in [2.24, 2.45) is 11.8 Å². The molecule has 3 nitrogen and oxygen atoms in total. The summed E-state index contributed by atoms with van der Waals surface area (Å²) in [6, 6.07) is 0. The van der Waals surface area contributed by atoms with Crippen LogP contribution in [0.25, 0.3) is 0 Å². The summed E-state index contributed by atoms with van der Waals surface area (Å²) in [7, 11) is 0. The number of H-pyrrole nitrogens is 1. The molecule has 1 fully saturated rings. The van der Waals surface area contributed by atoms with Gasteiger partial charge in [0, 0.05) is 18.4 Å². The molecule has 0 radical (unpaired) electrons. The van der Waals surface area contributed by atoms with Gasteiger partial charge >= 0.3 is 0 Å². The van der Waals surface area contributed by atoms with Gasteiger partial charge in [-0.25, -0.2) is 0 Å². The lowest BCUT2D eigenvalue weighted by Gasteiger charge is -2.03. The molecule has 0 aromatic carbocycles. The van der Waals surface area contributed by atoms with Gasteiger partial charge in [0.15, 0.2) is 5.78 Å². The molecule has 0 bridgehead atoms. The SMILES string of the molecule is CCCCCC1C2Cc3c(n[nH]c3C(C)=O)C12. The van der Waals surface area contributed by atoms with Crippen LogP contribution in [0.15, 0.2) is 0 Å². The molecule has 92 valence electrons. The Labute approximate surface area is 102 Å².